The SMILES string of the molecule is CC1(C)CC[C@]23CC[C@]4(C)[C@H](CC[C@@H]5[C@@]6(C)CCC(OC(=O)Cn7ccnc7)C(C)(C)[C@@H]6CC[C@]54C)[C@H]2[C@H]1OC3. The molecule has 5 heteroatoms. The molecule has 6 aliphatic rings. The maximum Gasteiger partial charge on any atom is 0.326 e. The van der Waals surface area contributed by atoms with Crippen molar-refractivity contribution in [1.29, 1.82) is 0 Å². The summed E-state index contributed by atoms with van der Waals surface area (Å²) in [6.45, 7) is 19.2. The second kappa shape index (κ2) is 8.60. The minimum Gasteiger partial charge on any atom is -0.460 e. The largest absolute Gasteiger partial charge is 0.460 e. The van der Waals surface area contributed by atoms with Crippen molar-refractivity contribution in [3.63, 3.8) is 0 Å². The molecule has 0 aromatic carbocycles. The van der Waals surface area contributed by atoms with E-state index >= 15 is 0 Å². The Hall–Kier alpha value is -1.36. The normalized spacial score (nSPS) is 50.2. The van der Waals surface area contributed by atoms with E-state index in [1.807, 2.05) is 10.8 Å². The van der Waals surface area contributed by atoms with Crippen molar-refractivity contribution in [2.45, 2.75) is 131 Å². The standard InChI is InChI=1S/C35H54N2O3/c1-30(2)14-16-35-17-15-33(6)23(28(35)29(30)39-21-35)8-9-25-32(5)12-11-26(40-27(38)20-37-19-18-36-22-37)31(3,4)24(32)10-13-34(25,33)7/h18-19,22-26,28-29H,8-17,20-21H2,1-7H3/t23-,24+,25-,26?,28+,29-,32+,33-,34-,35-/m1/s1. The zero-order valence-corrected chi connectivity index (χ0v) is 26.3. The lowest BCUT2D eigenvalue weighted by atomic mass is 9.31. The van der Waals surface area contributed by atoms with Gasteiger partial charge in [0.15, 0.2) is 0 Å². The van der Waals surface area contributed by atoms with Gasteiger partial charge < -0.3 is 14.0 Å². The fourth-order valence-corrected chi connectivity index (χ4v) is 12.9. The van der Waals surface area contributed by atoms with Crippen LogP contribution in [0.3, 0.4) is 0 Å². The highest BCUT2D eigenvalue weighted by Gasteiger charge is 2.72. The maximum absolute atomic E-state index is 12.9. The summed E-state index contributed by atoms with van der Waals surface area (Å²) in [5.74, 6) is 2.74. The Morgan fingerprint density at radius 2 is 1.68 bits per heavy atom. The molecule has 2 heterocycles. The Bertz CT molecular complexity index is 1160. The third-order valence-electron chi connectivity index (χ3n) is 15.2. The van der Waals surface area contributed by atoms with Gasteiger partial charge in [-0.1, -0.05) is 48.5 Å². The molecule has 10 atom stereocenters. The lowest BCUT2D eigenvalue weighted by Gasteiger charge is -2.73. The van der Waals surface area contributed by atoms with E-state index in [0.29, 0.717) is 39.1 Å². The van der Waals surface area contributed by atoms with Crippen LogP contribution in [0, 0.1) is 56.2 Å². The third kappa shape index (κ3) is 3.48. The molecule has 6 fully saturated rings. The van der Waals surface area contributed by atoms with E-state index < -0.39 is 0 Å². The van der Waals surface area contributed by atoms with E-state index in [2.05, 4.69) is 53.5 Å². The summed E-state index contributed by atoms with van der Waals surface area (Å²) in [5.41, 5.74) is 1.79. The molecule has 1 aliphatic heterocycles. The van der Waals surface area contributed by atoms with E-state index in [-0.39, 0.29) is 24.0 Å². The lowest BCUT2D eigenvalue weighted by molar-refractivity contribution is -0.254. The van der Waals surface area contributed by atoms with Crippen molar-refractivity contribution in [2.75, 3.05) is 6.61 Å². The summed E-state index contributed by atoms with van der Waals surface area (Å²) in [6.07, 6.45) is 18.6. The molecule has 0 amide bonds. The molecule has 1 aromatic heterocycles. The highest BCUT2D eigenvalue weighted by atomic mass is 16.5. The van der Waals surface area contributed by atoms with E-state index in [1.165, 1.54) is 57.8 Å². The molecule has 1 saturated heterocycles. The summed E-state index contributed by atoms with van der Waals surface area (Å²) in [4.78, 5) is 17.0. The predicted molar refractivity (Wildman–Crippen MR) is 156 cm³/mol. The predicted octanol–water partition coefficient (Wildman–Crippen LogP) is 7.69. The van der Waals surface area contributed by atoms with Crippen LogP contribution in [0.15, 0.2) is 18.7 Å². The number of hydrogen-bond acceptors (Lipinski definition) is 4. The molecular formula is C35H54N2O3. The second-order valence-corrected chi connectivity index (χ2v) is 17.4. The number of aromatic nitrogens is 2. The number of hydrogen-bond donors (Lipinski definition) is 0. The van der Waals surface area contributed by atoms with Crippen LogP contribution in [-0.2, 0) is 20.8 Å². The van der Waals surface area contributed by atoms with Crippen molar-refractivity contribution >= 4 is 5.97 Å². The Morgan fingerprint density at radius 1 is 0.900 bits per heavy atom. The summed E-state index contributed by atoms with van der Waals surface area (Å²) in [7, 11) is 0. The molecule has 5 saturated carbocycles. The first-order chi connectivity index (χ1) is 18.8. The van der Waals surface area contributed by atoms with Gasteiger partial charge in [-0.05, 0) is 115 Å². The van der Waals surface area contributed by atoms with Gasteiger partial charge in [-0.2, -0.15) is 0 Å². The molecule has 0 radical (unpaired) electrons. The summed E-state index contributed by atoms with van der Waals surface area (Å²) >= 11 is 0. The molecule has 0 spiro atoms. The van der Waals surface area contributed by atoms with Crippen molar-refractivity contribution in [1.82, 2.24) is 9.55 Å². The number of imidazole rings is 1. The molecule has 2 bridgehead atoms. The molecule has 1 unspecified atom stereocenters. The van der Waals surface area contributed by atoms with Gasteiger partial charge in [0.25, 0.3) is 0 Å². The molecule has 40 heavy (non-hydrogen) atoms. The molecule has 0 N–H and O–H groups in total. The van der Waals surface area contributed by atoms with Crippen LogP contribution in [0.5, 0.6) is 0 Å². The van der Waals surface area contributed by atoms with Crippen LogP contribution < -0.4 is 0 Å². The smallest absolute Gasteiger partial charge is 0.326 e. The Kier molecular flexibility index (Phi) is 5.91. The first-order valence-electron chi connectivity index (χ1n) is 16.5. The van der Waals surface area contributed by atoms with Crippen LogP contribution in [0.2, 0.25) is 0 Å². The van der Waals surface area contributed by atoms with Crippen molar-refractivity contribution in [3.8, 4) is 0 Å². The number of nitrogens with zero attached hydrogens (tertiary/aromatic N) is 2. The second-order valence-electron chi connectivity index (χ2n) is 17.4. The van der Waals surface area contributed by atoms with Gasteiger partial charge in [0.05, 0.1) is 19.0 Å². The number of rotatable bonds is 3. The van der Waals surface area contributed by atoms with Gasteiger partial charge in [0.1, 0.15) is 12.6 Å². The maximum atomic E-state index is 12.9. The fraction of sp³-hybridized carbons (Fsp3) is 0.886. The zero-order valence-electron chi connectivity index (χ0n) is 26.3. The van der Waals surface area contributed by atoms with Gasteiger partial charge >= 0.3 is 5.97 Å². The van der Waals surface area contributed by atoms with Crippen molar-refractivity contribution in [3.05, 3.63) is 18.7 Å². The van der Waals surface area contributed by atoms with Gasteiger partial charge in [-0.15, -0.1) is 0 Å². The van der Waals surface area contributed by atoms with Crippen LogP contribution in [0.4, 0.5) is 0 Å². The number of carbonyl (C=O) groups is 1. The Morgan fingerprint density at radius 3 is 2.42 bits per heavy atom. The van der Waals surface area contributed by atoms with E-state index in [1.54, 1.807) is 12.5 Å². The molecule has 7 rings (SSSR count). The minimum atomic E-state index is -0.128. The van der Waals surface area contributed by atoms with Crippen molar-refractivity contribution in [2.24, 2.45) is 56.2 Å². The highest BCUT2D eigenvalue weighted by Crippen LogP contribution is 2.78. The van der Waals surface area contributed by atoms with E-state index in [4.69, 9.17) is 9.47 Å². The van der Waals surface area contributed by atoms with E-state index in [0.717, 1.165) is 30.8 Å². The minimum absolute atomic E-state index is 0.00957. The molecule has 1 aromatic rings. The number of ether oxygens (including phenoxy) is 2. The Labute approximate surface area is 242 Å². The van der Waals surface area contributed by atoms with Crippen LogP contribution >= 0.6 is 0 Å². The third-order valence-corrected chi connectivity index (χ3v) is 15.2. The fourth-order valence-electron chi connectivity index (χ4n) is 12.9. The number of carbonyl (C=O) groups excluding carboxylic acids is 1. The lowest BCUT2D eigenvalue weighted by Crippen LogP contribution is -2.68. The number of esters is 1. The summed E-state index contributed by atoms with van der Waals surface area (Å²) in [5, 5.41) is 0. The van der Waals surface area contributed by atoms with Gasteiger partial charge in [0.2, 0.25) is 0 Å². The first kappa shape index (κ1) is 27.5. The highest BCUT2D eigenvalue weighted by molar-refractivity contribution is 5.69. The average molecular weight is 551 g/mol. The molecule has 222 valence electrons. The van der Waals surface area contributed by atoms with Crippen LogP contribution in [0.1, 0.15) is 113 Å². The van der Waals surface area contributed by atoms with Crippen LogP contribution in [-0.4, -0.2) is 34.3 Å². The van der Waals surface area contributed by atoms with Crippen molar-refractivity contribution < 1.29 is 14.3 Å². The Balaban J connectivity index is 1.15. The monoisotopic (exact) mass is 550 g/mol. The average Bonchev–Trinajstić information content (AvgIpc) is 3.51. The quantitative estimate of drug-likeness (QED) is 0.362. The van der Waals surface area contributed by atoms with E-state index in [9.17, 15) is 4.79 Å². The first-order valence-corrected chi connectivity index (χ1v) is 16.5. The van der Waals surface area contributed by atoms with Crippen LogP contribution in [0.25, 0.3) is 0 Å². The summed E-state index contributed by atoms with van der Waals surface area (Å²) < 4.78 is 14.8. The molecular weight excluding hydrogens is 496 g/mol. The number of fused-ring (bicyclic) bond motifs is 5. The summed E-state index contributed by atoms with van der Waals surface area (Å²) in [6, 6.07) is 0. The molecule has 5 aliphatic carbocycles. The topological polar surface area (TPSA) is 53.4 Å². The zero-order chi connectivity index (χ0) is 28.3. The van der Waals surface area contributed by atoms with Gasteiger partial charge in [-0.25, -0.2) is 4.98 Å². The van der Waals surface area contributed by atoms with Gasteiger partial charge in [-0.3, -0.25) is 4.79 Å². The van der Waals surface area contributed by atoms with Gasteiger partial charge in [0, 0.05) is 17.8 Å². The molecule has 5 nitrogen and oxygen atoms in total.